The van der Waals surface area contributed by atoms with Crippen molar-refractivity contribution in [2.45, 2.75) is 18.2 Å². The Balaban J connectivity index is 2.12. The number of nitrogens with one attached hydrogen (secondary N) is 1. The van der Waals surface area contributed by atoms with Gasteiger partial charge in [0.15, 0.2) is 0 Å². The second-order valence-corrected chi connectivity index (χ2v) is 5.24. The van der Waals surface area contributed by atoms with Crippen LogP contribution >= 0.6 is 11.6 Å². The Morgan fingerprint density at radius 1 is 1.60 bits per heavy atom. The van der Waals surface area contributed by atoms with E-state index in [1.165, 1.54) is 25.3 Å². The van der Waals surface area contributed by atoms with Gasteiger partial charge in [0, 0.05) is 12.6 Å². The molecule has 1 aliphatic carbocycles. The van der Waals surface area contributed by atoms with Gasteiger partial charge in [-0.1, -0.05) is 6.07 Å². The lowest BCUT2D eigenvalue weighted by molar-refractivity contribution is -0.385. The van der Waals surface area contributed by atoms with Gasteiger partial charge in [-0.15, -0.1) is 11.6 Å². The Morgan fingerprint density at radius 2 is 2.30 bits per heavy atom. The molecular formula is C13H15ClN2O4. The van der Waals surface area contributed by atoms with Crippen molar-refractivity contribution in [3.63, 3.8) is 0 Å². The van der Waals surface area contributed by atoms with Gasteiger partial charge in [0.1, 0.15) is 0 Å². The molecule has 0 radical (unpaired) electrons. The lowest BCUT2D eigenvalue weighted by atomic mass is 10.1. The molecule has 0 spiro atoms. The molecule has 1 atom stereocenters. The number of rotatable bonds is 6. The van der Waals surface area contributed by atoms with Gasteiger partial charge in [-0.2, -0.15) is 0 Å². The minimum absolute atomic E-state index is 0.0347. The summed E-state index contributed by atoms with van der Waals surface area (Å²) >= 11 is 6.11. The molecule has 20 heavy (non-hydrogen) atoms. The number of amides is 1. The lowest BCUT2D eigenvalue weighted by Crippen LogP contribution is -2.31. The maximum Gasteiger partial charge on any atom is 0.311 e. The predicted octanol–water partition coefficient (Wildman–Crippen LogP) is 2.35. The van der Waals surface area contributed by atoms with Gasteiger partial charge in [0.25, 0.3) is 5.91 Å². The van der Waals surface area contributed by atoms with Crippen molar-refractivity contribution in [3.8, 4) is 5.75 Å². The predicted molar refractivity (Wildman–Crippen MR) is 74.3 cm³/mol. The molecule has 0 saturated heterocycles. The molecule has 2 rings (SSSR count). The van der Waals surface area contributed by atoms with E-state index in [-0.39, 0.29) is 22.4 Å². The number of nitrogens with zero attached hydrogens (tertiary/aromatic N) is 1. The summed E-state index contributed by atoms with van der Waals surface area (Å²) in [4.78, 5) is 22.4. The average molecular weight is 299 g/mol. The number of carbonyl (C=O) groups is 1. The van der Waals surface area contributed by atoms with E-state index < -0.39 is 10.8 Å². The molecule has 1 aromatic carbocycles. The summed E-state index contributed by atoms with van der Waals surface area (Å²) in [7, 11) is 1.30. The average Bonchev–Trinajstić information content (AvgIpc) is 3.27. The van der Waals surface area contributed by atoms with Gasteiger partial charge in [-0.25, -0.2) is 0 Å². The molecule has 1 fully saturated rings. The molecule has 6 nitrogen and oxygen atoms in total. The normalized spacial score (nSPS) is 15.5. The number of carbonyl (C=O) groups excluding carboxylic acids is 1. The first-order valence-electron chi connectivity index (χ1n) is 6.28. The number of nitro benzene ring substituents is 1. The van der Waals surface area contributed by atoms with Crippen molar-refractivity contribution in [3.05, 3.63) is 33.9 Å². The zero-order valence-corrected chi connectivity index (χ0v) is 11.7. The van der Waals surface area contributed by atoms with Crippen LogP contribution in [0.4, 0.5) is 5.69 Å². The van der Waals surface area contributed by atoms with Crippen LogP contribution in [-0.4, -0.2) is 29.9 Å². The monoisotopic (exact) mass is 298 g/mol. The summed E-state index contributed by atoms with van der Waals surface area (Å²) < 4.78 is 4.99. The topological polar surface area (TPSA) is 81.5 Å². The number of hydrogen-bond acceptors (Lipinski definition) is 4. The van der Waals surface area contributed by atoms with Gasteiger partial charge in [-0.3, -0.25) is 14.9 Å². The van der Waals surface area contributed by atoms with E-state index in [1.807, 2.05) is 0 Å². The summed E-state index contributed by atoms with van der Waals surface area (Å²) in [6.45, 7) is 0.344. The van der Waals surface area contributed by atoms with E-state index >= 15 is 0 Å². The Kier molecular flexibility index (Phi) is 4.44. The van der Waals surface area contributed by atoms with Crippen LogP contribution in [0, 0.1) is 16.0 Å². The highest BCUT2D eigenvalue weighted by atomic mass is 35.5. The molecule has 1 aliphatic rings. The zero-order valence-electron chi connectivity index (χ0n) is 11.0. The van der Waals surface area contributed by atoms with Gasteiger partial charge in [-0.05, 0) is 24.8 Å². The number of alkyl halides is 1. The first-order chi connectivity index (χ1) is 9.54. The lowest BCUT2D eigenvalue weighted by Gasteiger charge is -2.12. The van der Waals surface area contributed by atoms with E-state index in [1.54, 1.807) is 0 Å². The van der Waals surface area contributed by atoms with E-state index in [9.17, 15) is 14.9 Å². The largest absolute Gasteiger partial charge is 0.490 e. The quantitative estimate of drug-likeness (QED) is 0.496. The van der Waals surface area contributed by atoms with E-state index in [2.05, 4.69) is 5.32 Å². The maximum absolute atomic E-state index is 12.1. The van der Waals surface area contributed by atoms with Crippen molar-refractivity contribution in [1.29, 1.82) is 0 Å². The zero-order chi connectivity index (χ0) is 14.7. The van der Waals surface area contributed by atoms with E-state index in [4.69, 9.17) is 16.3 Å². The Hall–Kier alpha value is -1.82. The highest BCUT2D eigenvalue weighted by Gasteiger charge is 2.30. The van der Waals surface area contributed by atoms with Crippen LogP contribution in [0.15, 0.2) is 18.2 Å². The third-order valence-corrected chi connectivity index (χ3v) is 3.74. The summed E-state index contributed by atoms with van der Waals surface area (Å²) in [5.41, 5.74) is -0.0915. The van der Waals surface area contributed by atoms with Gasteiger partial charge in [0.2, 0.25) is 5.75 Å². The van der Waals surface area contributed by atoms with Gasteiger partial charge >= 0.3 is 5.69 Å². The summed E-state index contributed by atoms with van der Waals surface area (Å²) in [6.07, 6.45) is 2.17. The number of nitro groups is 1. The van der Waals surface area contributed by atoms with Crippen LogP contribution in [0.5, 0.6) is 5.75 Å². The van der Waals surface area contributed by atoms with Crippen molar-refractivity contribution < 1.29 is 14.5 Å². The molecule has 1 saturated carbocycles. The second-order valence-electron chi connectivity index (χ2n) is 4.68. The smallest absolute Gasteiger partial charge is 0.311 e. The minimum atomic E-state index is -0.579. The van der Waals surface area contributed by atoms with E-state index in [0.29, 0.717) is 12.5 Å². The highest BCUT2D eigenvalue weighted by Crippen LogP contribution is 2.35. The number of halogens is 1. The minimum Gasteiger partial charge on any atom is -0.490 e. The SMILES string of the molecule is COc1c(C(=O)NCC(Cl)C2CC2)cccc1[N+](=O)[O-]. The number of hydrogen-bond donors (Lipinski definition) is 1. The van der Waals surface area contributed by atoms with Crippen molar-refractivity contribution in [2.75, 3.05) is 13.7 Å². The molecule has 0 heterocycles. The standard InChI is InChI=1S/C13H15ClN2O4/c1-20-12-9(3-2-4-11(12)16(18)19)13(17)15-7-10(14)8-5-6-8/h2-4,8,10H,5-7H2,1H3,(H,15,17). The third-order valence-electron chi connectivity index (χ3n) is 3.23. The Labute approximate surface area is 121 Å². The summed E-state index contributed by atoms with van der Waals surface area (Å²) in [5.74, 6) is 0.00775. The van der Waals surface area contributed by atoms with E-state index in [0.717, 1.165) is 12.8 Å². The third kappa shape index (κ3) is 3.19. The van der Waals surface area contributed by atoms with Crippen LogP contribution in [0.25, 0.3) is 0 Å². The molecule has 7 heteroatoms. The summed E-state index contributed by atoms with van der Waals surface area (Å²) in [5, 5.41) is 13.5. The summed E-state index contributed by atoms with van der Waals surface area (Å²) in [6, 6.07) is 4.24. The first kappa shape index (κ1) is 14.6. The molecule has 0 bridgehead atoms. The fourth-order valence-electron chi connectivity index (χ4n) is 1.97. The van der Waals surface area contributed by atoms with Crippen molar-refractivity contribution >= 4 is 23.2 Å². The Morgan fingerprint density at radius 3 is 2.85 bits per heavy atom. The number of benzene rings is 1. The fraction of sp³-hybridized carbons (Fsp3) is 0.462. The van der Waals surface area contributed by atoms with Gasteiger partial charge < -0.3 is 10.1 Å². The molecule has 1 N–H and O–H groups in total. The van der Waals surface area contributed by atoms with Crippen LogP contribution in [-0.2, 0) is 0 Å². The number of methoxy groups -OCH3 is 1. The number of para-hydroxylation sites is 1. The van der Waals surface area contributed by atoms with Crippen molar-refractivity contribution in [2.24, 2.45) is 5.92 Å². The Bertz CT molecular complexity index is 531. The highest BCUT2D eigenvalue weighted by molar-refractivity contribution is 6.21. The molecule has 0 aromatic heterocycles. The first-order valence-corrected chi connectivity index (χ1v) is 6.72. The van der Waals surface area contributed by atoms with Crippen LogP contribution in [0.2, 0.25) is 0 Å². The molecule has 0 aliphatic heterocycles. The number of ether oxygens (including phenoxy) is 1. The van der Waals surface area contributed by atoms with Crippen LogP contribution in [0.3, 0.4) is 0 Å². The van der Waals surface area contributed by atoms with Crippen LogP contribution < -0.4 is 10.1 Å². The molecule has 1 aromatic rings. The van der Waals surface area contributed by atoms with Crippen molar-refractivity contribution in [1.82, 2.24) is 5.32 Å². The maximum atomic E-state index is 12.1. The molecule has 1 amide bonds. The van der Waals surface area contributed by atoms with Gasteiger partial charge in [0.05, 0.1) is 23.0 Å². The van der Waals surface area contributed by atoms with Crippen LogP contribution in [0.1, 0.15) is 23.2 Å². The fourth-order valence-corrected chi connectivity index (χ4v) is 2.30. The molecule has 1 unspecified atom stereocenters. The molecule has 108 valence electrons. The molecular weight excluding hydrogens is 284 g/mol. The second kappa shape index (κ2) is 6.09.